The molecule has 0 unspecified atom stereocenters. The second kappa shape index (κ2) is 9.34. The second-order valence-corrected chi connectivity index (χ2v) is 9.09. The Balaban J connectivity index is 1.38. The topological polar surface area (TPSA) is 146 Å². The number of aromatic nitrogens is 4. The van der Waals surface area contributed by atoms with E-state index in [1.54, 1.807) is 16.6 Å². The molecule has 3 aromatic rings. The first kappa shape index (κ1) is 22.2. The summed E-state index contributed by atoms with van der Waals surface area (Å²) in [5.74, 6) is 0.265. The van der Waals surface area contributed by atoms with E-state index in [2.05, 4.69) is 36.3 Å². The van der Waals surface area contributed by atoms with Crippen LogP contribution in [0.1, 0.15) is 49.0 Å². The van der Waals surface area contributed by atoms with Crippen LogP contribution in [-0.4, -0.2) is 54.8 Å². The van der Waals surface area contributed by atoms with Crippen molar-refractivity contribution in [1.82, 2.24) is 24.9 Å². The minimum Gasteiger partial charge on any atom is -0.465 e. The van der Waals surface area contributed by atoms with Gasteiger partial charge in [0.15, 0.2) is 11.3 Å². The molecule has 12 heteroatoms. The van der Waals surface area contributed by atoms with E-state index in [9.17, 15) is 9.59 Å². The number of rotatable bonds is 7. The average molecular weight is 485 g/mol. The first-order valence-electron chi connectivity index (χ1n) is 11.3. The number of hydrogen-bond acceptors (Lipinski definition) is 7. The Kier molecular flexibility index (Phi) is 6.10. The summed E-state index contributed by atoms with van der Waals surface area (Å²) < 4.78 is 1.54. The zero-order chi connectivity index (χ0) is 23.7. The van der Waals surface area contributed by atoms with Crippen molar-refractivity contribution in [2.24, 2.45) is 0 Å². The van der Waals surface area contributed by atoms with Crippen molar-refractivity contribution >= 4 is 46.4 Å². The van der Waals surface area contributed by atoms with E-state index >= 15 is 0 Å². The first-order chi connectivity index (χ1) is 16.4. The molecule has 11 nitrogen and oxygen atoms in total. The molecule has 2 amide bonds. The number of carboxylic acid groups (broad SMARTS) is 1. The van der Waals surface area contributed by atoms with E-state index in [1.807, 2.05) is 6.07 Å². The molecule has 2 fully saturated rings. The summed E-state index contributed by atoms with van der Waals surface area (Å²) in [5.41, 5.74) is 2.20. The van der Waals surface area contributed by atoms with Gasteiger partial charge in [0, 0.05) is 36.1 Å². The maximum absolute atomic E-state index is 13.0. The third-order valence-corrected chi connectivity index (χ3v) is 6.24. The fourth-order valence-corrected chi connectivity index (χ4v) is 4.36. The molecule has 3 heterocycles. The number of anilines is 3. The molecule has 0 bridgehead atoms. The van der Waals surface area contributed by atoms with Crippen molar-refractivity contribution in [3.05, 3.63) is 41.4 Å². The lowest BCUT2D eigenvalue weighted by atomic mass is 9.91. The van der Waals surface area contributed by atoms with Gasteiger partial charge in [0.25, 0.3) is 5.91 Å². The molecule has 34 heavy (non-hydrogen) atoms. The highest BCUT2D eigenvalue weighted by atomic mass is 35.5. The van der Waals surface area contributed by atoms with E-state index in [4.69, 9.17) is 16.7 Å². The van der Waals surface area contributed by atoms with Crippen LogP contribution in [0.4, 0.5) is 22.0 Å². The van der Waals surface area contributed by atoms with Crippen molar-refractivity contribution in [3.63, 3.8) is 0 Å². The summed E-state index contributed by atoms with van der Waals surface area (Å²) in [5, 5.41) is 26.2. The fourth-order valence-electron chi connectivity index (χ4n) is 4.19. The smallest absolute Gasteiger partial charge is 0.404 e. The van der Waals surface area contributed by atoms with Gasteiger partial charge in [-0.25, -0.2) is 19.3 Å². The van der Waals surface area contributed by atoms with E-state index in [1.165, 1.54) is 12.4 Å². The molecule has 0 aromatic carbocycles. The van der Waals surface area contributed by atoms with Gasteiger partial charge in [-0.2, -0.15) is 0 Å². The number of fused-ring (bicyclic) bond motifs is 1. The zero-order valence-electron chi connectivity index (χ0n) is 18.3. The molecular weight excluding hydrogens is 460 g/mol. The highest BCUT2D eigenvalue weighted by Gasteiger charge is 2.26. The predicted molar refractivity (Wildman–Crippen MR) is 128 cm³/mol. The highest BCUT2D eigenvalue weighted by Crippen LogP contribution is 2.30. The fraction of sp³-hybridized carbons (Fsp3) is 0.409. The van der Waals surface area contributed by atoms with Crippen LogP contribution in [0, 0.1) is 0 Å². The summed E-state index contributed by atoms with van der Waals surface area (Å²) in [6, 6.07) is 5.67. The van der Waals surface area contributed by atoms with Crippen molar-refractivity contribution < 1.29 is 14.7 Å². The quantitative estimate of drug-likeness (QED) is 0.320. The number of carbonyl (C=O) groups is 2. The standard InChI is InChI=1S/C22H25ClN8O3/c23-18-9-15(7-8-24-18)28-21(32)17-11-25-20-16(26-12-1-2-12)10-19(30-31(17)20)27-13-3-5-14(6-4-13)29-22(33)34/h7-14,26,29H,1-6H2,(H,27,30)(H,33,34)(H,24,28,32). The van der Waals surface area contributed by atoms with Crippen LogP contribution in [-0.2, 0) is 0 Å². The number of amides is 2. The molecule has 2 aliphatic carbocycles. The Morgan fingerprint density at radius 1 is 1.00 bits per heavy atom. The third-order valence-electron chi connectivity index (χ3n) is 6.03. The molecule has 178 valence electrons. The lowest BCUT2D eigenvalue weighted by Crippen LogP contribution is -2.39. The Morgan fingerprint density at radius 3 is 2.41 bits per heavy atom. The van der Waals surface area contributed by atoms with Gasteiger partial charge in [0.1, 0.15) is 11.0 Å². The van der Waals surface area contributed by atoms with Gasteiger partial charge in [-0.1, -0.05) is 11.6 Å². The molecule has 0 atom stereocenters. The van der Waals surface area contributed by atoms with Gasteiger partial charge >= 0.3 is 6.09 Å². The molecule has 0 radical (unpaired) electrons. The third kappa shape index (κ3) is 5.14. The summed E-state index contributed by atoms with van der Waals surface area (Å²) in [4.78, 5) is 32.3. The van der Waals surface area contributed by atoms with Crippen molar-refractivity contribution in [2.75, 3.05) is 16.0 Å². The number of carbonyl (C=O) groups excluding carboxylic acids is 1. The van der Waals surface area contributed by atoms with Gasteiger partial charge in [0.05, 0.1) is 11.9 Å². The molecular formula is C22H25ClN8O3. The zero-order valence-corrected chi connectivity index (χ0v) is 19.0. The van der Waals surface area contributed by atoms with E-state index in [0.29, 0.717) is 28.9 Å². The van der Waals surface area contributed by atoms with Crippen LogP contribution in [0.25, 0.3) is 5.65 Å². The number of nitrogens with zero attached hydrogens (tertiary/aromatic N) is 4. The Bertz CT molecular complexity index is 1220. The van der Waals surface area contributed by atoms with Crippen LogP contribution >= 0.6 is 11.6 Å². The molecule has 0 spiro atoms. The summed E-state index contributed by atoms with van der Waals surface area (Å²) in [6.45, 7) is 0. The predicted octanol–water partition coefficient (Wildman–Crippen LogP) is 3.60. The molecule has 5 N–H and O–H groups in total. The monoisotopic (exact) mass is 484 g/mol. The Labute approximate surface area is 200 Å². The molecule has 5 rings (SSSR count). The molecule has 3 aromatic heterocycles. The van der Waals surface area contributed by atoms with Crippen molar-refractivity contribution in [3.8, 4) is 0 Å². The van der Waals surface area contributed by atoms with E-state index in [0.717, 1.165) is 44.2 Å². The SMILES string of the molecule is O=C(O)NC1CCC(Nc2cc(NC3CC3)c3ncc(C(=O)Nc4ccnc(Cl)c4)n3n2)CC1. The summed E-state index contributed by atoms with van der Waals surface area (Å²) in [7, 11) is 0. The van der Waals surface area contributed by atoms with Crippen LogP contribution in [0.15, 0.2) is 30.6 Å². The Hall–Kier alpha value is -3.60. The summed E-state index contributed by atoms with van der Waals surface area (Å²) >= 11 is 5.93. The second-order valence-electron chi connectivity index (χ2n) is 8.70. The number of halogens is 1. The maximum atomic E-state index is 13.0. The van der Waals surface area contributed by atoms with Gasteiger partial charge in [-0.15, -0.1) is 5.10 Å². The van der Waals surface area contributed by atoms with Crippen molar-refractivity contribution in [2.45, 2.75) is 56.7 Å². The summed E-state index contributed by atoms with van der Waals surface area (Å²) in [6.07, 6.45) is 7.37. The number of hydrogen-bond donors (Lipinski definition) is 5. The number of imidazole rings is 1. The van der Waals surface area contributed by atoms with Crippen molar-refractivity contribution in [1.29, 1.82) is 0 Å². The number of nitrogens with one attached hydrogen (secondary N) is 4. The van der Waals surface area contributed by atoms with Crippen LogP contribution in [0.5, 0.6) is 0 Å². The Morgan fingerprint density at radius 2 is 1.71 bits per heavy atom. The highest BCUT2D eigenvalue weighted by molar-refractivity contribution is 6.29. The van der Waals surface area contributed by atoms with Gasteiger partial charge in [0.2, 0.25) is 0 Å². The van der Waals surface area contributed by atoms with Crippen LogP contribution < -0.4 is 21.3 Å². The molecule has 0 aliphatic heterocycles. The maximum Gasteiger partial charge on any atom is 0.404 e. The van der Waals surface area contributed by atoms with Crippen LogP contribution in [0.2, 0.25) is 5.15 Å². The minimum atomic E-state index is -0.987. The lowest BCUT2D eigenvalue weighted by Gasteiger charge is -2.29. The normalized spacial score (nSPS) is 20.0. The first-order valence-corrected chi connectivity index (χ1v) is 11.7. The van der Waals surface area contributed by atoms with Gasteiger partial charge in [-0.05, 0) is 50.7 Å². The van der Waals surface area contributed by atoms with E-state index in [-0.39, 0.29) is 23.1 Å². The van der Waals surface area contributed by atoms with Gasteiger partial charge < -0.3 is 26.4 Å². The van der Waals surface area contributed by atoms with Crippen LogP contribution in [0.3, 0.4) is 0 Å². The number of pyridine rings is 1. The average Bonchev–Trinajstić information content (AvgIpc) is 3.50. The van der Waals surface area contributed by atoms with E-state index < -0.39 is 6.09 Å². The molecule has 0 saturated heterocycles. The molecule has 2 aliphatic rings. The molecule has 2 saturated carbocycles. The van der Waals surface area contributed by atoms with Gasteiger partial charge in [-0.3, -0.25) is 4.79 Å². The minimum absolute atomic E-state index is 0.0243. The lowest BCUT2D eigenvalue weighted by molar-refractivity contribution is 0.102. The largest absolute Gasteiger partial charge is 0.465 e.